The van der Waals surface area contributed by atoms with Crippen LogP contribution in [0.2, 0.25) is 0 Å². The fraction of sp³-hybridized carbons (Fsp3) is 0. The van der Waals surface area contributed by atoms with Crippen LogP contribution in [-0.4, -0.2) is 167 Å². The molecule has 0 rings (SSSR count). The molecule has 0 saturated carbocycles. The van der Waals surface area contributed by atoms with Crippen molar-refractivity contribution in [2.45, 2.75) is 0 Å². The quantitative estimate of drug-likeness (QED) is 0.0609. The number of hydrogen-bond acceptors (Lipinski definition) is 6. The van der Waals surface area contributed by atoms with E-state index in [4.69, 9.17) is 58.7 Å². The van der Waals surface area contributed by atoms with Crippen molar-refractivity contribution in [3.63, 3.8) is 0 Å². The van der Waals surface area contributed by atoms with E-state index in [-0.39, 0.29) is 52.2 Å². The van der Waals surface area contributed by atoms with Crippen LogP contribution in [0.3, 0.4) is 0 Å². The number of hydrogen-bond donors (Lipinski definition) is 12. The van der Waals surface area contributed by atoms with E-state index in [9.17, 15) is 0 Å². The standard InChI is InChI=1S/6FH.HI.12H2O.6O.6Sb/h7*1H;12*1H2;;;;;;;;;;;;/q;;;;;;;;;;;;;;;;;;;;;;;;;6*+2/p-12. The Morgan fingerprint density at radius 2 is 0.258 bits per heavy atom. The topological polar surface area (TPSA) is 345 Å². The first-order valence-electron chi connectivity index (χ1n) is 3.50. The molecule has 0 fully saturated rings. The van der Waals surface area contributed by atoms with Crippen LogP contribution in [-0.2, 0) is 18.1 Å². The van der Waals surface area contributed by atoms with E-state index < -0.39 is 126 Å². The molecule has 0 aromatic rings. The Morgan fingerprint density at radius 1 is 0.258 bits per heavy atom. The van der Waals surface area contributed by atoms with Gasteiger partial charge >= 0.3 is 185 Å². The van der Waals surface area contributed by atoms with E-state index in [1.54, 1.807) is 0 Å². The van der Waals surface area contributed by atoms with Gasteiger partial charge in [0.05, 0.1) is 0 Å². The van der Waals surface area contributed by atoms with Gasteiger partial charge in [0.15, 0.2) is 0 Å². The van der Waals surface area contributed by atoms with E-state index in [1.807, 2.05) is 0 Å². The van der Waals surface area contributed by atoms with Gasteiger partial charge in [-0.05, 0) is 0 Å². The van der Waals surface area contributed by atoms with Gasteiger partial charge in [-0.2, -0.15) is 0 Å². The fourth-order valence-electron chi connectivity index (χ4n) is 0. The molecule has 0 atom stereocenters. The van der Waals surface area contributed by atoms with Crippen molar-refractivity contribution in [1.29, 1.82) is 0 Å². The second-order valence-electron chi connectivity index (χ2n) is 1.52. The first-order valence-corrected chi connectivity index (χ1v) is 23.4. The molecule has 0 aliphatic heterocycles. The zero-order valence-corrected chi connectivity index (χ0v) is 31.0. The second-order valence-corrected chi connectivity index (χ2v) is 10.2. The number of halogens is 7. The summed E-state index contributed by atoms with van der Waals surface area (Å²) in [6.07, 6.45) is 0. The molecule has 0 aliphatic rings. The van der Waals surface area contributed by atoms with Crippen LogP contribution in [0.4, 0.5) is 28.2 Å². The van der Waals surface area contributed by atoms with Gasteiger partial charge < -0.3 is 0 Å². The Morgan fingerprint density at radius 3 is 0.258 bits per heavy atom. The summed E-state index contributed by atoms with van der Waals surface area (Å²) in [6, 6.07) is 0. The molecular formula is H19F6IO18Sb6. The van der Waals surface area contributed by atoms with Crippen LogP contribution >= 0.6 is 24.0 Å². The normalized spacial score (nSPS) is 5.03. The SMILES string of the molecule is F.F.F.F.F.F.I.[O]=[Sb]([OH])[OH].[O]=[Sb]([OH])[OH].[O]=[Sb]([OH])[OH].[O]=[Sb]([OH])[OH].[O]=[Sb]([OH])[OH].[O]=[Sb]([OH])[OH]. The van der Waals surface area contributed by atoms with E-state index in [1.165, 1.54) is 0 Å². The summed E-state index contributed by atoms with van der Waals surface area (Å²) in [4.78, 5) is 0. The van der Waals surface area contributed by atoms with Gasteiger partial charge in [-0.3, -0.25) is 28.2 Å². The molecule has 0 aliphatic carbocycles. The molecule has 18 nitrogen and oxygen atoms in total. The van der Waals surface area contributed by atoms with E-state index in [0.717, 1.165) is 0 Å². The van der Waals surface area contributed by atoms with Crippen LogP contribution in [0.5, 0.6) is 0 Å². The van der Waals surface area contributed by atoms with Gasteiger partial charge in [0.1, 0.15) is 0 Å². The molecule has 0 amide bonds. The Bertz CT molecular complexity index is 279. The van der Waals surface area contributed by atoms with Gasteiger partial charge in [-0.1, -0.05) is 0 Å². The van der Waals surface area contributed by atoms with E-state index >= 15 is 0 Å². The summed E-state index contributed by atoms with van der Waals surface area (Å²) in [5, 5.41) is 0. The molecule has 31 heavy (non-hydrogen) atoms. The maximum atomic E-state index is 8.82. The van der Waals surface area contributed by atoms with Gasteiger partial charge in [0.2, 0.25) is 0 Å². The van der Waals surface area contributed by atoms with E-state index in [2.05, 4.69) is 0 Å². The zero-order valence-electron chi connectivity index (χ0n) is 13.4. The van der Waals surface area contributed by atoms with Crippen LogP contribution in [0, 0.1) is 0 Å². The zero-order chi connectivity index (χ0) is 21.5. The third-order valence-electron chi connectivity index (χ3n) is 0. The third kappa shape index (κ3) is 2660. The van der Waals surface area contributed by atoms with Gasteiger partial charge in [-0.15, -0.1) is 24.0 Å². The Balaban J connectivity index is -0.0000000109. The minimum absolute atomic E-state index is 0. The van der Waals surface area contributed by atoms with Gasteiger partial charge in [0.25, 0.3) is 0 Å². The summed E-state index contributed by atoms with van der Waals surface area (Å²) in [6.45, 7) is 0. The van der Waals surface area contributed by atoms with Crippen molar-refractivity contribution in [1.82, 2.24) is 0 Å². The number of rotatable bonds is 0. The molecule has 31 heteroatoms. The minimum atomic E-state index is -3.70. The Hall–Kier alpha value is 3.54. The van der Waals surface area contributed by atoms with Crippen molar-refractivity contribution in [2.24, 2.45) is 0 Å². The first-order chi connectivity index (χ1) is 10.4. The van der Waals surface area contributed by atoms with Crippen LogP contribution in [0.15, 0.2) is 0 Å². The second kappa shape index (κ2) is 76.5. The summed E-state index contributed by atoms with van der Waals surface area (Å²) >= 11 is -22.2. The van der Waals surface area contributed by atoms with Crippen LogP contribution in [0.25, 0.3) is 0 Å². The van der Waals surface area contributed by atoms with Crippen LogP contribution in [0.1, 0.15) is 0 Å². The molecule has 0 bridgehead atoms. The van der Waals surface area contributed by atoms with Gasteiger partial charge in [0, 0.05) is 0 Å². The first kappa shape index (κ1) is 83.7. The molecule has 12 N–H and O–H groups in total. The van der Waals surface area contributed by atoms with Crippen molar-refractivity contribution < 1.29 is 87.0 Å². The molecule has 0 heterocycles. The Labute approximate surface area is 233 Å². The predicted octanol–water partition coefficient (Wildman–Crippen LogP) is -8.15. The van der Waals surface area contributed by atoms with Crippen molar-refractivity contribution >= 4 is 150 Å². The van der Waals surface area contributed by atoms with Crippen molar-refractivity contribution in [2.75, 3.05) is 0 Å². The van der Waals surface area contributed by atoms with Gasteiger partial charge in [-0.25, -0.2) is 0 Å². The fourth-order valence-corrected chi connectivity index (χ4v) is 0. The molecule has 206 valence electrons. The average molecular weight is 1280 g/mol. The molecule has 0 aromatic carbocycles. The van der Waals surface area contributed by atoms with Crippen molar-refractivity contribution in [3.8, 4) is 0 Å². The van der Waals surface area contributed by atoms with Crippen molar-refractivity contribution in [3.05, 3.63) is 0 Å². The summed E-state index contributed by atoms with van der Waals surface area (Å²) < 4.78 is 140. The molecule has 0 aromatic heterocycles. The molecular weight excluding hydrogens is 1260 g/mol. The third-order valence-corrected chi connectivity index (χ3v) is 0. The molecule has 6 radical (unpaired) electrons. The monoisotopic (exact) mass is 1270 g/mol. The predicted molar refractivity (Wildman–Crippen MR) is 95.7 cm³/mol. The molecule has 0 spiro atoms. The van der Waals surface area contributed by atoms with E-state index in [0.29, 0.717) is 0 Å². The van der Waals surface area contributed by atoms with Crippen LogP contribution < -0.4 is 0 Å². The summed E-state index contributed by atoms with van der Waals surface area (Å²) in [5.74, 6) is 0. The maximum absolute atomic E-state index is 8.82. The summed E-state index contributed by atoms with van der Waals surface area (Å²) in [5.41, 5.74) is 0. The molecule has 0 saturated heterocycles. The Kier molecular flexibility index (Phi) is 207. The summed E-state index contributed by atoms with van der Waals surface area (Å²) in [7, 11) is 0. The average Bonchev–Trinajstić information content (AvgIpc) is 2.08. The molecule has 0 unspecified atom stereocenters.